The van der Waals surface area contributed by atoms with Crippen LogP contribution < -0.4 is 16.2 Å². The molecule has 2 heterocycles. The Balaban J connectivity index is 2.03. The van der Waals surface area contributed by atoms with Crippen molar-refractivity contribution >= 4 is 5.82 Å². The summed E-state index contributed by atoms with van der Waals surface area (Å²) in [7, 11) is 0. The van der Waals surface area contributed by atoms with Gasteiger partial charge in [-0.1, -0.05) is 36.4 Å². The molecule has 0 saturated heterocycles. The molecular weight excluding hydrogens is 294 g/mol. The maximum atomic E-state index is 11.6. The van der Waals surface area contributed by atoms with Crippen molar-refractivity contribution in [3.8, 4) is 17.4 Å². The molecule has 6 nitrogen and oxygen atoms in total. The zero-order chi connectivity index (χ0) is 16.0. The summed E-state index contributed by atoms with van der Waals surface area (Å²) in [5.41, 5.74) is 7.92. The first-order valence-corrected chi connectivity index (χ1v) is 7.09. The van der Waals surface area contributed by atoms with Gasteiger partial charge < -0.3 is 15.6 Å². The lowest BCUT2D eigenvalue weighted by molar-refractivity contribution is 0.421. The van der Waals surface area contributed by atoms with E-state index in [1.54, 1.807) is 12.1 Å². The van der Waals surface area contributed by atoms with Gasteiger partial charge in [-0.2, -0.15) is 4.98 Å². The summed E-state index contributed by atoms with van der Waals surface area (Å²) in [5, 5.41) is 9.71. The van der Waals surface area contributed by atoms with Crippen LogP contribution in [0.3, 0.4) is 0 Å². The third kappa shape index (κ3) is 2.12. The molecule has 0 aliphatic carbocycles. The Bertz CT molecular complexity index is 951. The van der Waals surface area contributed by atoms with E-state index in [4.69, 9.17) is 10.5 Å². The summed E-state index contributed by atoms with van der Waals surface area (Å²) < 4.78 is 5.70. The summed E-state index contributed by atoms with van der Waals surface area (Å²) in [6.45, 7) is 0. The standard InChI is InChI=1S/C17H13N3O3/c18-15-14-13(9-4-2-1-3-5-9)11-7-6-10(21)8-12(11)23-16(14)20-17(22)19-15/h1-8,13,21H,(H3,18,19,20,22). The number of anilines is 1. The number of nitrogens with one attached hydrogen (secondary N) is 1. The molecule has 1 aliphatic heterocycles. The Morgan fingerprint density at radius 1 is 1.17 bits per heavy atom. The van der Waals surface area contributed by atoms with Crippen LogP contribution in [-0.4, -0.2) is 15.1 Å². The van der Waals surface area contributed by atoms with Crippen LogP contribution in [0.25, 0.3) is 0 Å². The van der Waals surface area contributed by atoms with Crippen LogP contribution in [0, 0.1) is 0 Å². The second-order valence-electron chi connectivity index (χ2n) is 5.34. The number of phenolic OH excluding ortho intramolecular Hbond substituents is 1. The number of nitrogens with zero attached hydrogens (tertiary/aromatic N) is 1. The predicted molar refractivity (Wildman–Crippen MR) is 84.8 cm³/mol. The number of hydrogen-bond acceptors (Lipinski definition) is 5. The zero-order valence-corrected chi connectivity index (χ0v) is 12.0. The molecule has 114 valence electrons. The number of aromatic nitrogens is 2. The van der Waals surface area contributed by atoms with Gasteiger partial charge in [-0.25, -0.2) is 4.79 Å². The Kier molecular flexibility index (Phi) is 2.84. The molecule has 1 atom stereocenters. The van der Waals surface area contributed by atoms with Crippen LogP contribution in [0.5, 0.6) is 17.4 Å². The fourth-order valence-corrected chi connectivity index (χ4v) is 2.94. The molecule has 0 spiro atoms. The lowest BCUT2D eigenvalue weighted by Gasteiger charge is -2.28. The van der Waals surface area contributed by atoms with Gasteiger partial charge in [0.1, 0.15) is 17.3 Å². The van der Waals surface area contributed by atoms with Crippen molar-refractivity contribution in [1.29, 1.82) is 0 Å². The second-order valence-corrected chi connectivity index (χ2v) is 5.34. The van der Waals surface area contributed by atoms with Crippen molar-refractivity contribution in [1.82, 2.24) is 9.97 Å². The number of fused-ring (bicyclic) bond motifs is 2. The SMILES string of the molecule is Nc1[nH]c(=O)nc2c1C(c1ccccc1)c1ccc(O)cc1O2. The molecule has 23 heavy (non-hydrogen) atoms. The monoisotopic (exact) mass is 307 g/mol. The average molecular weight is 307 g/mol. The van der Waals surface area contributed by atoms with Gasteiger partial charge in [-0.05, 0) is 11.6 Å². The van der Waals surface area contributed by atoms with Gasteiger partial charge in [0.15, 0.2) is 0 Å². The van der Waals surface area contributed by atoms with E-state index in [1.165, 1.54) is 6.07 Å². The Labute approximate surface area is 131 Å². The minimum atomic E-state index is -0.573. The Morgan fingerprint density at radius 3 is 2.74 bits per heavy atom. The van der Waals surface area contributed by atoms with Crippen LogP contribution in [0.15, 0.2) is 53.3 Å². The van der Waals surface area contributed by atoms with E-state index >= 15 is 0 Å². The average Bonchev–Trinajstić information content (AvgIpc) is 2.53. The van der Waals surface area contributed by atoms with Crippen molar-refractivity contribution in [3.05, 3.63) is 75.7 Å². The van der Waals surface area contributed by atoms with E-state index in [9.17, 15) is 9.90 Å². The van der Waals surface area contributed by atoms with Crippen molar-refractivity contribution < 1.29 is 9.84 Å². The molecule has 3 aromatic rings. The summed E-state index contributed by atoms with van der Waals surface area (Å²) in [6.07, 6.45) is 0. The molecule has 1 aromatic heterocycles. The summed E-state index contributed by atoms with van der Waals surface area (Å²) in [6, 6.07) is 14.6. The highest BCUT2D eigenvalue weighted by atomic mass is 16.5. The lowest BCUT2D eigenvalue weighted by Crippen LogP contribution is -2.22. The third-order valence-electron chi connectivity index (χ3n) is 3.90. The van der Waals surface area contributed by atoms with Crippen molar-refractivity contribution in [2.75, 3.05) is 5.73 Å². The van der Waals surface area contributed by atoms with Crippen LogP contribution in [0.1, 0.15) is 22.6 Å². The summed E-state index contributed by atoms with van der Waals surface area (Å²) in [4.78, 5) is 18.0. The van der Waals surface area contributed by atoms with Crippen LogP contribution in [0.4, 0.5) is 5.82 Å². The van der Waals surface area contributed by atoms with Gasteiger partial charge in [-0.3, -0.25) is 4.98 Å². The number of benzene rings is 2. The zero-order valence-electron chi connectivity index (χ0n) is 12.0. The molecule has 0 amide bonds. The highest BCUT2D eigenvalue weighted by molar-refractivity contribution is 5.63. The Morgan fingerprint density at radius 2 is 1.96 bits per heavy atom. The number of rotatable bonds is 1. The van der Waals surface area contributed by atoms with E-state index in [1.807, 2.05) is 30.3 Å². The predicted octanol–water partition coefficient (Wildman–Crippen LogP) is 2.34. The van der Waals surface area contributed by atoms with E-state index < -0.39 is 5.69 Å². The topological polar surface area (TPSA) is 101 Å². The molecule has 0 radical (unpaired) electrons. The first-order chi connectivity index (χ1) is 11.1. The number of nitrogens with two attached hydrogens (primary N) is 1. The molecule has 1 unspecified atom stereocenters. The summed E-state index contributed by atoms with van der Waals surface area (Å²) in [5.74, 6) is 0.700. The van der Waals surface area contributed by atoms with Crippen LogP contribution >= 0.6 is 0 Å². The minimum absolute atomic E-state index is 0.0804. The largest absolute Gasteiger partial charge is 0.508 e. The normalized spacial score (nSPS) is 15.4. The van der Waals surface area contributed by atoms with Crippen molar-refractivity contribution in [2.45, 2.75) is 5.92 Å². The number of nitrogen functional groups attached to an aromatic ring is 1. The fourth-order valence-electron chi connectivity index (χ4n) is 2.94. The Hall–Kier alpha value is -3.28. The van der Waals surface area contributed by atoms with Gasteiger partial charge in [0.2, 0.25) is 5.88 Å². The lowest BCUT2D eigenvalue weighted by atomic mass is 9.83. The number of aromatic hydroxyl groups is 1. The molecular formula is C17H13N3O3. The first kappa shape index (κ1) is 13.4. The minimum Gasteiger partial charge on any atom is -0.508 e. The number of aromatic amines is 1. The highest BCUT2D eigenvalue weighted by Gasteiger charge is 2.32. The third-order valence-corrected chi connectivity index (χ3v) is 3.90. The molecule has 0 saturated carbocycles. The van der Waals surface area contributed by atoms with E-state index in [0.717, 1.165) is 11.1 Å². The van der Waals surface area contributed by atoms with E-state index in [-0.39, 0.29) is 23.4 Å². The number of phenols is 1. The first-order valence-electron chi connectivity index (χ1n) is 7.09. The maximum Gasteiger partial charge on any atom is 0.349 e. The number of H-pyrrole nitrogens is 1. The van der Waals surface area contributed by atoms with Crippen molar-refractivity contribution in [2.24, 2.45) is 0 Å². The maximum absolute atomic E-state index is 11.6. The van der Waals surface area contributed by atoms with Crippen LogP contribution in [0.2, 0.25) is 0 Å². The molecule has 0 bridgehead atoms. The quantitative estimate of drug-likeness (QED) is 0.501. The van der Waals surface area contributed by atoms with E-state index in [0.29, 0.717) is 11.3 Å². The molecule has 0 fully saturated rings. The van der Waals surface area contributed by atoms with Gasteiger partial charge in [-0.15, -0.1) is 0 Å². The molecule has 6 heteroatoms. The number of ether oxygens (including phenoxy) is 1. The van der Waals surface area contributed by atoms with Gasteiger partial charge >= 0.3 is 5.69 Å². The van der Waals surface area contributed by atoms with Crippen LogP contribution in [-0.2, 0) is 0 Å². The number of hydrogen-bond donors (Lipinski definition) is 3. The van der Waals surface area contributed by atoms with Gasteiger partial charge in [0, 0.05) is 17.5 Å². The highest BCUT2D eigenvalue weighted by Crippen LogP contribution is 2.48. The molecule has 4 N–H and O–H groups in total. The fraction of sp³-hybridized carbons (Fsp3) is 0.0588. The second kappa shape index (κ2) is 4.88. The van der Waals surface area contributed by atoms with E-state index in [2.05, 4.69) is 9.97 Å². The molecule has 1 aliphatic rings. The van der Waals surface area contributed by atoms with Crippen molar-refractivity contribution in [3.63, 3.8) is 0 Å². The summed E-state index contributed by atoms with van der Waals surface area (Å²) >= 11 is 0. The van der Waals surface area contributed by atoms with Gasteiger partial charge in [0.25, 0.3) is 0 Å². The molecule has 2 aromatic carbocycles. The van der Waals surface area contributed by atoms with Gasteiger partial charge in [0.05, 0.1) is 5.56 Å². The smallest absolute Gasteiger partial charge is 0.349 e. The molecule has 4 rings (SSSR count).